The summed E-state index contributed by atoms with van der Waals surface area (Å²) >= 11 is 0. The lowest BCUT2D eigenvalue weighted by molar-refractivity contribution is -0.144. The molecule has 0 radical (unpaired) electrons. The molecule has 7 nitrogen and oxygen atoms in total. The highest BCUT2D eigenvalue weighted by Gasteiger charge is 2.23. The maximum absolute atomic E-state index is 13.4. The summed E-state index contributed by atoms with van der Waals surface area (Å²) in [6.45, 7) is 9.51. The smallest absolute Gasteiger partial charge is 0.303 e. The van der Waals surface area contributed by atoms with Gasteiger partial charge in [0.1, 0.15) is 17.5 Å². The van der Waals surface area contributed by atoms with Gasteiger partial charge in [0, 0.05) is 47.0 Å². The Labute approximate surface area is 214 Å². The van der Waals surface area contributed by atoms with E-state index < -0.39 is 12.1 Å². The number of halogens is 1. The van der Waals surface area contributed by atoms with Gasteiger partial charge in [-0.25, -0.2) is 14.1 Å². The molecule has 0 bridgehead atoms. The number of aromatic nitrogens is 5. The van der Waals surface area contributed by atoms with Crippen LogP contribution in [0, 0.1) is 33.5 Å². The van der Waals surface area contributed by atoms with Crippen LogP contribution < -0.4 is 0 Å². The zero-order valence-electron chi connectivity index (χ0n) is 21.4. The largest absolute Gasteiger partial charge is 0.453 e. The maximum atomic E-state index is 13.4. The molecule has 188 valence electrons. The highest BCUT2D eigenvalue weighted by atomic mass is 19.1. The number of carbonyl (C=O) groups excluding carboxylic acids is 1. The molecule has 1 aromatic carbocycles. The molecular weight excluding hydrogens is 469 g/mol. The van der Waals surface area contributed by atoms with Crippen molar-refractivity contribution in [2.24, 2.45) is 0 Å². The van der Waals surface area contributed by atoms with Crippen molar-refractivity contribution in [3.63, 3.8) is 0 Å². The van der Waals surface area contributed by atoms with Gasteiger partial charge in [0.15, 0.2) is 6.10 Å². The van der Waals surface area contributed by atoms with Gasteiger partial charge in [0.2, 0.25) is 0 Å². The van der Waals surface area contributed by atoms with Crippen molar-refractivity contribution in [3.8, 4) is 17.3 Å². The third-order valence-corrected chi connectivity index (χ3v) is 6.40. The lowest BCUT2D eigenvalue weighted by Crippen LogP contribution is -2.14. The van der Waals surface area contributed by atoms with E-state index in [0.29, 0.717) is 11.3 Å². The molecule has 8 heteroatoms. The average molecular weight is 498 g/mol. The van der Waals surface area contributed by atoms with Crippen LogP contribution in [0.15, 0.2) is 73.1 Å². The number of hydrogen-bond acceptors (Lipinski definition) is 4. The quantitative estimate of drug-likeness (QED) is 0.275. The second kappa shape index (κ2) is 9.54. The fourth-order valence-corrected chi connectivity index (χ4v) is 4.66. The van der Waals surface area contributed by atoms with Crippen LogP contribution in [0.1, 0.15) is 46.9 Å². The monoisotopic (exact) mass is 497 g/mol. The van der Waals surface area contributed by atoms with E-state index in [4.69, 9.17) is 9.72 Å². The maximum Gasteiger partial charge on any atom is 0.303 e. The SMILES string of the molecule is CC(=O)OC(c1cc(-n2c(C)ccc2C)nc(-n2c(C)ccc2C)c1)c1cnn(-c2ccc(F)cc2)c1. The first-order valence-electron chi connectivity index (χ1n) is 12.0. The summed E-state index contributed by atoms with van der Waals surface area (Å²) in [4.78, 5) is 17.2. The van der Waals surface area contributed by atoms with Crippen LogP contribution in [0.5, 0.6) is 0 Å². The number of esters is 1. The first kappa shape index (κ1) is 24.2. The molecule has 0 aliphatic carbocycles. The highest BCUT2D eigenvalue weighted by molar-refractivity contribution is 5.67. The zero-order valence-corrected chi connectivity index (χ0v) is 21.4. The molecule has 1 unspecified atom stereocenters. The van der Waals surface area contributed by atoms with E-state index in [1.165, 1.54) is 19.1 Å². The molecule has 0 fully saturated rings. The summed E-state index contributed by atoms with van der Waals surface area (Å²) in [5, 5.41) is 4.45. The summed E-state index contributed by atoms with van der Waals surface area (Å²) in [6.07, 6.45) is 2.73. The number of aryl methyl sites for hydroxylation is 4. The number of rotatable bonds is 6. The standard InChI is InChI=1S/C29H28FN5O2/c1-18-6-7-19(2)34(18)27-14-23(15-28(32-27)35-20(3)8-9-21(35)4)29(37-22(5)36)24-16-31-33(17-24)26-12-10-25(30)11-13-26/h6-17,29H,1-5H3. The minimum Gasteiger partial charge on any atom is -0.453 e. The van der Waals surface area contributed by atoms with E-state index in [-0.39, 0.29) is 5.82 Å². The van der Waals surface area contributed by atoms with Crippen LogP contribution in [0.3, 0.4) is 0 Å². The fourth-order valence-electron chi connectivity index (χ4n) is 4.66. The highest BCUT2D eigenvalue weighted by Crippen LogP contribution is 2.31. The predicted molar refractivity (Wildman–Crippen MR) is 139 cm³/mol. The predicted octanol–water partition coefficient (Wildman–Crippen LogP) is 5.87. The van der Waals surface area contributed by atoms with Gasteiger partial charge < -0.3 is 13.9 Å². The third kappa shape index (κ3) is 4.70. The van der Waals surface area contributed by atoms with Gasteiger partial charge in [-0.1, -0.05) is 0 Å². The van der Waals surface area contributed by atoms with Crippen molar-refractivity contribution >= 4 is 5.97 Å². The number of pyridine rings is 1. The number of ether oxygens (including phenoxy) is 1. The number of hydrogen-bond donors (Lipinski definition) is 0. The van der Waals surface area contributed by atoms with Gasteiger partial charge in [-0.15, -0.1) is 0 Å². The molecule has 0 saturated heterocycles. The van der Waals surface area contributed by atoms with E-state index in [9.17, 15) is 9.18 Å². The molecule has 0 N–H and O–H groups in total. The minimum absolute atomic E-state index is 0.322. The Hall–Kier alpha value is -4.46. The van der Waals surface area contributed by atoms with Crippen molar-refractivity contribution in [2.75, 3.05) is 0 Å². The summed E-state index contributed by atoms with van der Waals surface area (Å²) in [6, 6.07) is 18.1. The minimum atomic E-state index is -0.723. The fraction of sp³-hybridized carbons (Fsp3) is 0.207. The molecule has 0 spiro atoms. The molecule has 0 amide bonds. The van der Waals surface area contributed by atoms with Crippen LogP contribution in [0.25, 0.3) is 17.3 Å². The summed E-state index contributed by atoms with van der Waals surface area (Å²) in [7, 11) is 0. The van der Waals surface area contributed by atoms with Crippen LogP contribution in [-0.4, -0.2) is 29.9 Å². The van der Waals surface area contributed by atoms with Crippen molar-refractivity contribution in [2.45, 2.75) is 40.7 Å². The first-order valence-corrected chi connectivity index (χ1v) is 12.0. The molecule has 1 atom stereocenters. The molecule has 4 heterocycles. The van der Waals surface area contributed by atoms with Crippen molar-refractivity contribution in [1.29, 1.82) is 0 Å². The van der Waals surface area contributed by atoms with E-state index in [0.717, 1.165) is 40.0 Å². The van der Waals surface area contributed by atoms with E-state index in [1.54, 1.807) is 29.2 Å². The Bertz CT molecular complexity index is 1490. The molecule has 0 aliphatic rings. The second-order valence-electron chi connectivity index (χ2n) is 9.20. The lowest BCUT2D eigenvalue weighted by atomic mass is 10.0. The van der Waals surface area contributed by atoms with Crippen molar-refractivity contribution < 1.29 is 13.9 Å². The van der Waals surface area contributed by atoms with Crippen molar-refractivity contribution in [1.82, 2.24) is 23.9 Å². The molecule has 5 rings (SSSR count). The second-order valence-corrected chi connectivity index (χ2v) is 9.20. The number of benzene rings is 1. The summed E-state index contributed by atoms with van der Waals surface area (Å²) < 4.78 is 25.1. The summed E-state index contributed by atoms with van der Waals surface area (Å²) in [5.41, 5.74) is 6.31. The Morgan fingerprint density at radius 3 is 1.81 bits per heavy atom. The number of nitrogens with zero attached hydrogens (tertiary/aromatic N) is 5. The molecule has 0 aliphatic heterocycles. The van der Waals surface area contributed by atoms with E-state index >= 15 is 0 Å². The molecule has 37 heavy (non-hydrogen) atoms. The Morgan fingerprint density at radius 2 is 1.32 bits per heavy atom. The van der Waals surface area contributed by atoms with Crippen LogP contribution >= 0.6 is 0 Å². The molecule has 0 saturated carbocycles. The molecular formula is C29H28FN5O2. The van der Waals surface area contributed by atoms with E-state index in [1.807, 2.05) is 64.1 Å². The van der Waals surface area contributed by atoms with Gasteiger partial charge in [0.25, 0.3) is 0 Å². The normalized spacial score (nSPS) is 12.1. The molecule has 5 aromatic rings. The van der Waals surface area contributed by atoms with Crippen LogP contribution in [0.2, 0.25) is 0 Å². The Balaban J connectivity index is 1.68. The van der Waals surface area contributed by atoms with Crippen LogP contribution in [0.4, 0.5) is 4.39 Å². The van der Waals surface area contributed by atoms with Gasteiger partial charge >= 0.3 is 5.97 Å². The van der Waals surface area contributed by atoms with Gasteiger partial charge in [-0.05, 0) is 88.4 Å². The lowest BCUT2D eigenvalue weighted by Gasteiger charge is -2.20. The average Bonchev–Trinajstić information content (AvgIpc) is 3.56. The third-order valence-electron chi connectivity index (χ3n) is 6.40. The Morgan fingerprint density at radius 1 is 0.811 bits per heavy atom. The zero-order chi connectivity index (χ0) is 26.3. The van der Waals surface area contributed by atoms with Gasteiger partial charge in [-0.2, -0.15) is 5.10 Å². The van der Waals surface area contributed by atoms with E-state index in [2.05, 4.69) is 14.2 Å². The summed E-state index contributed by atoms with van der Waals surface area (Å²) in [5.74, 6) is 0.712. The van der Waals surface area contributed by atoms with Crippen molar-refractivity contribution in [3.05, 3.63) is 113 Å². The topological polar surface area (TPSA) is 66.9 Å². The molecule has 4 aromatic heterocycles. The Kier molecular flexibility index (Phi) is 6.25. The van der Waals surface area contributed by atoms with Gasteiger partial charge in [0.05, 0.1) is 11.9 Å². The van der Waals surface area contributed by atoms with Gasteiger partial charge in [-0.3, -0.25) is 4.79 Å². The number of carbonyl (C=O) groups is 1. The van der Waals surface area contributed by atoms with Crippen LogP contribution in [-0.2, 0) is 9.53 Å². The first-order chi connectivity index (χ1) is 17.7.